The van der Waals surface area contributed by atoms with Crippen LogP contribution in [0.2, 0.25) is 0 Å². The molecule has 0 saturated carbocycles. The number of carbonyl (C=O) groups is 1. The number of hydrogen-bond donors (Lipinski definition) is 0. The van der Waals surface area contributed by atoms with Crippen molar-refractivity contribution in [3.63, 3.8) is 0 Å². The van der Waals surface area contributed by atoms with E-state index in [1.54, 1.807) is 38.3 Å². The molecule has 0 radical (unpaired) electrons. The predicted octanol–water partition coefficient (Wildman–Crippen LogP) is 2.92. The van der Waals surface area contributed by atoms with Crippen LogP contribution in [0.3, 0.4) is 0 Å². The molecule has 0 N–H and O–H groups in total. The lowest BCUT2D eigenvalue weighted by Gasteiger charge is -2.22. The topological polar surface area (TPSA) is 51.5 Å². The molecule has 8 heteroatoms. The van der Waals surface area contributed by atoms with Crippen molar-refractivity contribution in [1.82, 2.24) is 9.47 Å². The quantitative estimate of drug-likeness (QED) is 0.788. The summed E-state index contributed by atoms with van der Waals surface area (Å²) in [6.07, 6.45) is -3.58. The Bertz CT molecular complexity index is 814. The molecule has 1 aromatic carbocycles. The molecule has 0 aliphatic heterocycles. The van der Waals surface area contributed by atoms with E-state index in [0.29, 0.717) is 18.4 Å². The van der Waals surface area contributed by atoms with Crippen molar-refractivity contribution in [1.29, 1.82) is 0 Å². The Labute approximate surface area is 148 Å². The number of aromatic nitrogens is 1. The highest BCUT2D eigenvalue weighted by Gasteiger charge is 2.34. The molecule has 26 heavy (non-hydrogen) atoms. The number of likely N-dealkylation sites (N-methyl/N-ethyl adjacent to an activating group) is 1. The zero-order chi connectivity index (χ0) is 19.3. The molecule has 2 aromatic rings. The number of halogens is 3. The third kappa shape index (κ3) is 4.65. The highest BCUT2D eigenvalue weighted by molar-refractivity contribution is 5.76. The number of benzene rings is 1. The van der Waals surface area contributed by atoms with Gasteiger partial charge >= 0.3 is 6.18 Å². The second-order valence-electron chi connectivity index (χ2n) is 5.61. The van der Waals surface area contributed by atoms with Crippen LogP contribution in [-0.4, -0.2) is 29.0 Å². The Morgan fingerprint density at radius 1 is 1.19 bits per heavy atom. The van der Waals surface area contributed by atoms with Crippen LogP contribution in [-0.2, 0) is 24.1 Å². The maximum atomic E-state index is 12.8. The van der Waals surface area contributed by atoms with E-state index in [2.05, 4.69) is 0 Å². The van der Waals surface area contributed by atoms with Gasteiger partial charge in [-0.1, -0.05) is 12.1 Å². The van der Waals surface area contributed by atoms with Crippen molar-refractivity contribution in [2.75, 3.05) is 13.7 Å². The molecule has 1 amide bonds. The number of rotatable bonds is 6. The number of alkyl halides is 3. The zero-order valence-corrected chi connectivity index (χ0v) is 14.4. The number of nitrogens with zero attached hydrogens (tertiary/aromatic N) is 2. The fourth-order valence-electron chi connectivity index (χ4n) is 2.45. The van der Waals surface area contributed by atoms with Gasteiger partial charge in [0, 0.05) is 19.3 Å². The smallest absolute Gasteiger partial charge is 0.421 e. The van der Waals surface area contributed by atoms with Crippen molar-refractivity contribution in [2.45, 2.75) is 26.2 Å². The van der Waals surface area contributed by atoms with Gasteiger partial charge in [0.05, 0.1) is 7.11 Å². The SMILES string of the molecule is CCN(Cc1ccc(OC)cc1)C(=O)Cn1cccc(C(F)(F)F)c1=O. The first-order valence-corrected chi connectivity index (χ1v) is 7.93. The van der Waals surface area contributed by atoms with Crippen LogP contribution in [0.4, 0.5) is 13.2 Å². The maximum absolute atomic E-state index is 12.8. The molecule has 0 aliphatic carbocycles. The summed E-state index contributed by atoms with van der Waals surface area (Å²) in [5.41, 5.74) is -1.67. The summed E-state index contributed by atoms with van der Waals surface area (Å²) in [6.45, 7) is 1.95. The predicted molar refractivity (Wildman–Crippen MR) is 89.8 cm³/mol. The zero-order valence-electron chi connectivity index (χ0n) is 14.4. The minimum atomic E-state index is -4.75. The fraction of sp³-hybridized carbons (Fsp3) is 0.333. The third-order valence-electron chi connectivity index (χ3n) is 3.90. The molecule has 0 saturated heterocycles. The standard InChI is InChI=1S/C18H19F3N2O3/c1-3-22(11-13-6-8-14(26-2)9-7-13)16(24)12-23-10-4-5-15(17(23)25)18(19,20)21/h4-10H,3,11-12H2,1-2H3. The molecule has 0 atom stereocenters. The van der Waals surface area contributed by atoms with Gasteiger partial charge in [-0.05, 0) is 36.8 Å². The van der Waals surface area contributed by atoms with Gasteiger partial charge < -0.3 is 14.2 Å². The molecule has 0 spiro atoms. The molecule has 5 nitrogen and oxygen atoms in total. The maximum Gasteiger partial charge on any atom is 0.421 e. The van der Waals surface area contributed by atoms with Gasteiger partial charge in [0.1, 0.15) is 17.9 Å². The van der Waals surface area contributed by atoms with E-state index in [9.17, 15) is 22.8 Å². The second kappa shape index (κ2) is 8.07. The molecule has 0 unspecified atom stereocenters. The van der Waals surface area contributed by atoms with Crippen LogP contribution in [0.15, 0.2) is 47.4 Å². The molecular weight excluding hydrogens is 349 g/mol. The molecule has 0 bridgehead atoms. The van der Waals surface area contributed by atoms with Crippen LogP contribution in [0.5, 0.6) is 5.75 Å². The van der Waals surface area contributed by atoms with Gasteiger partial charge in [-0.15, -0.1) is 0 Å². The second-order valence-corrected chi connectivity index (χ2v) is 5.61. The highest BCUT2D eigenvalue weighted by atomic mass is 19.4. The van der Waals surface area contributed by atoms with Gasteiger partial charge in [0.25, 0.3) is 5.56 Å². The van der Waals surface area contributed by atoms with E-state index in [1.165, 1.54) is 11.1 Å². The van der Waals surface area contributed by atoms with Gasteiger partial charge in [-0.25, -0.2) is 0 Å². The van der Waals surface area contributed by atoms with Crippen molar-refractivity contribution in [3.8, 4) is 5.75 Å². The largest absolute Gasteiger partial charge is 0.497 e. The first kappa shape index (κ1) is 19.6. The lowest BCUT2D eigenvalue weighted by atomic mass is 10.2. The number of ether oxygens (including phenoxy) is 1. The Balaban J connectivity index is 2.15. The Hall–Kier alpha value is -2.77. The van der Waals surface area contributed by atoms with Crippen LogP contribution in [0.25, 0.3) is 0 Å². The van der Waals surface area contributed by atoms with Crippen molar-refractivity contribution < 1.29 is 22.7 Å². The summed E-state index contributed by atoms with van der Waals surface area (Å²) in [5, 5.41) is 0. The summed E-state index contributed by atoms with van der Waals surface area (Å²) in [7, 11) is 1.55. The summed E-state index contributed by atoms with van der Waals surface area (Å²) in [5.74, 6) is 0.239. The average molecular weight is 368 g/mol. The normalized spacial score (nSPS) is 11.3. The summed E-state index contributed by atoms with van der Waals surface area (Å²) >= 11 is 0. The Kier molecular flexibility index (Phi) is 6.07. The average Bonchev–Trinajstić information content (AvgIpc) is 2.60. The molecule has 140 valence electrons. The highest BCUT2D eigenvalue weighted by Crippen LogP contribution is 2.26. The number of amides is 1. The van der Waals surface area contributed by atoms with Gasteiger partial charge in [-0.3, -0.25) is 9.59 Å². The number of hydrogen-bond acceptors (Lipinski definition) is 3. The van der Waals surface area contributed by atoms with E-state index in [-0.39, 0.29) is 6.54 Å². The fourth-order valence-corrected chi connectivity index (χ4v) is 2.45. The first-order valence-electron chi connectivity index (χ1n) is 7.93. The number of pyridine rings is 1. The van der Waals surface area contributed by atoms with E-state index in [4.69, 9.17) is 4.74 Å². The van der Waals surface area contributed by atoms with Crippen molar-refractivity contribution >= 4 is 5.91 Å². The van der Waals surface area contributed by atoms with E-state index < -0.39 is 29.8 Å². The van der Waals surface area contributed by atoms with E-state index in [0.717, 1.165) is 16.2 Å². The summed E-state index contributed by atoms with van der Waals surface area (Å²) in [4.78, 5) is 25.9. The first-order chi connectivity index (χ1) is 12.3. The van der Waals surface area contributed by atoms with Crippen LogP contribution < -0.4 is 10.3 Å². The van der Waals surface area contributed by atoms with E-state index in [1.807, 2.05) is 0 Å². The van der Waals surface area contributed by atoms with Gasteiger partial charge in [-0.2, -0.15) is 13.2 Å². The summed E-state index contributed by atoms with van der Waals surface area (Å²) in [6, 6.07) is 8.92. The van der Waals surface area contributed by atoms with Crippen molar-refractivity contribution in [3.05, 3.63) is 64.1 Å². The number of carbonyl (C=O) groups excluding carboxylic acids is 1. The van der Waals surface area contributed by atoms with Crippen LogP contribution in [0.1, 0.15) is 18.1 Å². The molecule has 2 rings (SSSR count). The van der Waals surface area contributed by atoms with E-state index >= 15 is 0 Å². The summed E-state index contributed by atoms with van der Waals surface area (Å²) < 4.78 is 44.3. The minimum Gasteiger partial charge on any atom is -0.497 e. The minimum absolute atomic E-state index is 0.285. The molecule has 0 fully saturated rings. The number of methoxy groups -OCH3 is 1. The molecule has 0 aliphatic rings. The lowest BCUT2D eigenvalue weighted by Crippen LogP contribution is -2.37. The van der Waals surface area contributed by atoms with Crippen LogP contribution in [0, 0.1) is 0 Å². The van der Waals surface area contributed by atoms with Gasteiger partial charge in [0.15, 0.2) is 0 Å². The Morgan fingerprint density at radius 3 is 2.38 bits per heavy atom. The molecule has 1 heterocycles. The van der Waals surface area contributed by atoms with Crippen LogP contribution >= 0.6 is 0 Å². The molecule has 1 aromatic heterocycles. The lowest BCUT2D eigenvalue weighted by molar-refractivity contribution is -0.139. The van der Waals surface area contributed by atoms with Gasteiger partial charge in [0.2, 0.25) is 5.91 Å². The monoisotopic (exact) mass is 368 g/mol. The van der Waals surface area contributed by atoms with Crippen molar-refractivity contribution in [2.24, 2.45) is 0 Å². The Morgan fingerprint density at radius 2 is 1.85 bits per heavy atom. The third-order valence-corrected chi connectivity index (χ3v) is 3.90. The molecular formula is C18H19F3N2O3.